The van der Waals surface area contributed by atoms with E-state index in [2.05, 4.69) is 5.32 Å². The van der Waals surface area contributed by atoms with E-state index in [1.54, 1.807) is 0 Å². The van der Waals surface area contributed by atoms with Crippen molar-refractivity contribution in [2.24, 2.45) is 0 Å². The zero-order chi connectivity index (χ0) is 11.2. The van der Waals surface area contributed by atoms with E-state index < -0.39 is 0 Å². The first-order chi connectivity index (χ1) is 7.71. The van der Waals surface area contributed by atoms with Crippen molar-refractivity contribution in [1.29, 1.82) is 0 Å². The van der Waals surface area contributed by atoms with Gasteiger partial charge in [0, 0.05) is 22.5 Å². The van der Waals surface area contributed by atoms with Gasteiger partial charge in [-0.25, -0.2) is 0 Å². The van der Waals surface area contributed by atoms with E-state index in [1.807, 2.05) is 18.2 Å². The Bertz CT molecular complexity index is 451. The first kappa shape index (κ1) is 10.3. The molecular weight excluding hydrogens is 222 g/mol. The molecule has 3 heteroatoms. The van der Waals surface area contributed by atoms with Gasteiger partial charge in [0.2, 0.25) is 0 Å². The fourth-order valence-corrected chi connectivity index (χ4v) is 3.03. The number of nitrogens with one attached hydrogen (secondary N) is 1. The number of carbonyl (C=O) groups excluding carboxylic acids is 1. The maximum atomic E-state index is 11.9. The third kappa shape index (κ3) is 1.40. The second-order valence-corrected chi connectivity index (χ2v) is 5.29. The van der Waals surface area contributed by atoms with Crippen molar-refractivity contribution in [3.8, 4) is 0 Å². The van der Waals surface area contributed by atoms with Crippen LogP contribution in [-0.2, 0) is 5.41 Å². The van der Waals surface area contributed by atoms with Gasteiger partial charge in [0.15, 0.2) is 5.78 Å². The number of benzene rings is 1. The number of halogens is 1. The maximum absolute atomic E-state index is 11.9. The summed E-state index contributed by atoms with van der Waals surface area (Å²) in [5.41, 5.74) is 2.21. The molecule has 0 amide bonds. The van der Waals surface area contributed by atoms with Crippen molar-refractivity contribution < 1.29 is 4.79 Å². The van der Waals surface area contributed by atoms with Crippen LogP contribution in [0, 0.1) is 0 Å². The van der Waals surface area contributed by atoms with Crippen LogP contribution in [0.15, 0.2) is 18.2 Å². The SMILES string of the molecule is O=C1CNCC2(CCC2)c2cc(Cl)ccc21. The standard InChI is InChI=1S/C13H14ClNO/c14-9-2-3-10-11(6-9)13(4-1-5-13)8-15-7-12(10)16/h2-3,6,15H,1,4-5,7-8H2. The first-order valence-electron chi connectivity index (χ1n) is 5.75. The molecule has 0 radical (unpaired) electrons. The molecule has 1 aliphatic carbocycles. The summed E-state index contributed by atoms with van der Waals surface area (Å²) < 4.78 is 0. The third-order valence-corrected chi connectivity index (χ3v) is 4.15. The zero-order valence-electron chi connectivity index (χ0n) is 9.05. The minimum Gasteiger partial charge on any atom is -0.309 e. The molecule has 2 nitrogen and oxygen atoms in total. The van der Waals surface area contributed by atoms with Gasteiger partial charge in [-0.1, -0.05) is 18.0 Å². The fourth-order valence-electron chi connectivity index (χ4n) is 2.85. The summed E-state index contributed by atoms with van der Waals surface area (Å²) in [6.07, 6.45) is 3.59. The Morgan fingerprint density at radius 2 is 2.12 bits per heavy atom. The van der Waals surface area contributed by atoms with Gasteiger partial charge in [0.25, 0.3) is 0 Å². The van der Waals surface area contributed by atoms with Crippen molar-refractivity contribution >= 4 is 17.4 Å². The summed E-state index contributed by atoms with van der Waals surface area (Å²) in [4.78, 5) is 11.9. The maximum Gasteiger partial charge on any atom is 0.176 e. The monoisotopic (exact) mass is 235 g/mol. The molecule has 0 unspecified atom stereocenters. The molecule has 1 aromatic carbocycles. The molecule has 0 aromatic heterocycles. The largest absolute Gasteiger partial charge is 0.309 e. The Labute approximate surface area is 100.0 Å². The van der Waals surface area contributed by atoms with Crippen LogP contribution in [0.1, 0.15) is 35.2 Å². The lowest BCUT2D eigenvalue weighted by Gasteiger charge is -2.42. The number of Topliss-reactive ketones (excluding diaryl/α,β-unsaturated/α-hetero) is 1. The lowest BCUT2D eigenvalue weighted by atomic mass is 9.63. The molecular formula is C13H14ClNO. The molecule has 1 aromatic rings. The van der Waals surface area contributed by atoms with Gasteiger partial charge in [-0.15, -0.1) is 0 Å². The van der Waals surface area contributed by atoms with E-state index in [0.29, 0.717) is 6.54 Å². The summed E-state index contributed by atoms with van der Waals surface area (Å²) in [6, 6.07) is 5.68. The molecule has 1 heterocycles. The molecule has 1 aliphatic heterocycles. The van der Waals surface area contributed by atoms with Gasteiger partial charge in [-0.3, -0.25) is 4.79 Å². The minimum absolute atomic E-state index is 0.173. The number of carbonyl (C=O) groups is 1. The van der Waals surface area contributed by atoms with E-state index in [0.717, 1.165) is 17.1 Å². The summed E-state index contributed by atoms with van der Waals surface area (Å²) >= 11 is 6.05. The van der Waals surface area contributed by atoms with Gasteiger partial charge in [0.05, 0.1) is 6.54 Å². The smallest absolute Gasteiger partial charge is 0.176 e. The lowest BCUT2D eigenvalue weighted by molar-refractivity contribution is 0.0993. The molecule has 1 saturated carbocycles. The Balaban J connectivity index is 2.17. The second-order valence-electron chi connectivity index (χ2n) is 4.85. The second kappa shape index (κ2) is 3.57. The van der Waals surface area contributed by atoms with Gasteiger partial charge >= 0.3 is 0 Å². The zero-order valence-corrected chi connectivity index (χ0v) is 9.81. The van der Waals surface area contributed by atoms with Crippen LogP contribution in [0.5, 0.6) is 0 Å². The van der Waals surface area contributed by atoms with Crippen molar-refractivity contribution in [2.45, 2.75) is 24.7 Å². The van der Waals surface area contributed by atoms with Crippen molar-refractivity contribution in [3.05, 3.63) is 34.3 Å². The Hall–Kier alpha value is -0.860. The normalized spacial score (nSPS) is 22.4. The van der Waals surface area contributed by atoms with Crippen LogP contribution in [0.25, 0.3) is 0 Å². The molecule has 0 bridgehead atoms. The third-order valence-electron chi connectivity index (χ3n) is 3.91. The molecule has 1 fully saturated rings. The molecule has 1 N–H and O–H groups in total. The van der Waals surface area contributed by atoms with E-state index in [-0.39, 0.29) is 11.2 Å². The number of rotatable bonds is 0. The molecule has 1 spiro atoms. The summed E-state index contributed by atoms with van der Waals surface area (Å²) in [5, 5.41) is 4.00. The Kier molecular flexibility index (Phi) is 2.30. The van der Waals surface area contributed by atoms with Crippen LogP contribution in [0.2, 0.25) is 5.02 Å². The highest BCUT2D eigenvalue weighted by atomic mass is 35.5. The predicted molar refractivity (Wildman–Crippen MR) is 64.2 cm³/mol. The molecule has 0 atom stereocenters. The van der Waals surface area contributed by atoms with Crippen LogP contribution in [0.4, 0.5) is 0 Å². The highest BCUT2D eigenvalue weighted by Crippen LogP contribution is 2.46. The molecule has 16 heavy (non-hydrogen) atoms. The van der Waals surface area contributed by atoms with Gasteiger partial charge in [-0.2, -0.15) is 0 Å². The van der Waals surface area contributed by atoms with E-state index in [1.165, 1.54) is 24.8 Å². The lowest BCUT2D eigenvalue weighted by Crippen LogP contribution is -2.42. The highest BCUT2D eigenvalue weighted by molar-refractivity contribution is 6.30. The van der Waals surface area contributed by atoms with Crippen molar-refractivity contribution in [2.75, 3.05) is 13.1 Å². The summed E-state index contributed by atoms with van der Waals surface area (Å²) in [5.74, 6) is 0.190. The Morgan fingerprint density at radius 1 is 1.31 bits per heavy atom. The number of hydrogen-bond acceptors (Lipinski definition) is 2. The summed E-state index contributed by atoms with van der Waals surface area (Å²) in [7, 11) is 0. The van der Waals surface area contributed by atoms with Gasteiger partial charge < -0.3 is 5.32 Å². The number of ketones is 1. The highest BCUT2D eigenvalue weighted by Gasteiger charge is 2.42. The quantitative estimate of drug-likeness (QED) is 0.749. The van der Waals surface area contributed by atoms with Crippen LogP contribution < -0.4 is 5.32 Å². The molecule has 84 valence electrons. The average molecular weight is 236 g/mol. The van der Waals surface area contributed by atoms with Crippen LogP contribution in [-0.4, -0.2) is 18.9 Å². The summed E-state index contributed by atoms with van der Waals surface area (Å²) in [6.45, 7) is 1.36. The topological polar surface area (TPSA) is 29.1 Å². The van der Waals surface area contributed by atoms with E-state index in [4.69, 9.17) is 11.6 Å². The fraction of sp³-hybridized carbons (Fsp3) is 0.462. The predicted octanol–water partition coefficient (Wildman–Crippen LogP) is 2.55. The van der Waals surface area contributed by atoms with E-state index >= 15 is 0 Å². The van der Waals surface area contributed by atoms with Crippen LogP contribution in [0.3, 0.4) is 0 Å². The van der Waals surface area contributed by atoms with Crippen molar-refractivity contribution in [1.82, 2.24) is 5.32 Å². The molecule has 0 saturated heterocycles. The molecule has 3 rings (SSSR count). The molecule has 2 aliphatic rings. The van der Waals surface area contributed by atoms with Crippen molar-refractivity contribution in [3.63, 3.8) is 0 Å². The first-order valence-corrected chi connectivity index (χ1v) is 6.13. The van der Waals surface area contributed by atoms with Gasteiger partial charge in [-0.05, 0) is 36.6 Å². The average Bonchev–Trinajstić information content (AvgIpc) is 2.34. The van der Waals surface area contributed by atoms with Gasteiger partial charge in [0.1, 0.15) is 0 Å². The minimum atomic E-state index is 0.173. The van der Waals surface area contributed by atoms with Crippen LogP contribution >= 0.6 is 11.6 Å². The van der Waals surface area contributed by atoms with E-state index in [9.17, 15) is 4.79 Å². The number of hydrogen-bond donors (Lipinski definition) is 1. The number of fused-ring (bicyclic) bond motifs is 2. The Morgan fingerprint density at radius 3 is 2.81 bits per heavy atom.